The van der Waals surface area contributed by atoms with Gasteiger partial charge in [-0.25, -0.2) is 0 Å². The van der Waals surface area contributed by atoms with Gasteiger partial charge in [0.15, 0.2) is 13.1 Å². The van der Waals surface area contributed by atoms with Crippen molar-refractivity contribution in [3.63, 3.8) is 0 Å². The summed E-state index contributed by atoms with van der Waals surface area (Å²) in [6.07, 6.45) is -2.78. The van der Waals surface area contributed by atoms with E-state index in [4.69, 9.17) is 4.74 Å². The third-order valence-electron chi connectivity index (χ3n) is 3.85. The van der Waals surface area contributed by atoms with Gasteiger partial charge in [-0.1, -0.05) is 0 Å². The molecule has 2 amide bonds. The van der Waals surface area contributed by atoms with Crippen LogP contribution in [-0.4, -0.2) is 57.6 Å². The van der Waals surface area contributed by atoms with Crippen LogP contribution in [0.3, 0.4) is 0 Å². The molecule has 0 saturated carbocycles. The Morgan fingerprint density at radius 3 is 2.48 bits per heavy atom. The Hall–Kier alpha value is -2.33. The van der Waals surface area contributed by atoms with Crippen LogP contribution in [0.5, 0.6) is 5.75 Å². The summed E-state index contributed by atoms with van der Waals surface area (Å²) in [5, 5.41) is 5.35. The van der Waals surface area contributed by atoms with Crippen LogP contribution in [0.1, 0.15) is 12.8 Å². The van der Waals surface area contributed by atoms with Crippen molar-refractivity contribution in [2.75, 3.05) is 38.6 Å². The number of amides is 2. The van der Waals surface area contributed by atoms with Crippen molar-refractivity contribution in [1.82, 2.24) is 5.32 Å². The van der Waals surface area contributed by atoms with Gasteiger partial charge < -0.3 is 25.0 Å². The van der Waals surface area contributed by atoms with Crippen LogP contribution in [0.4, 0.5) is 18.9 Å². The van der Waals surface area contributed by atoms with E-state index in [1.165, 1.54) is 12.1 Å². The number of nitrogens with one attached hydrogen (secondary N) is 3. The monoisotopic (exact) mass is 390 g/mol. The van der Waals surface area contributed by atoms with E-state index in [1.807, 2.05) is 0 Å². The van der Waals surface area contributed by atoms with E-state index in [2.05, 4.69) is 15.4 Å². The van der Waals surface area contributed by atoms with Crippen LogP contribution >= 0.6 is 0 Å². The minimum absolute atomic E-state index is 0.0359. The minimum atomic E-state index is -4.76. The van der Waals surface area contributed by atoms with Crippen LogP contribution < -0.4 is 20.3 Å². The molecule has 0 radical (unpaired) electrons. The number of anilines is 1. The molecule has 0 aromatic heterocycles. The lowest BCUT2D eigenvalue weighted by molar-refractivity contribution is -0.862. The van der Waals surface area contributed by atoms with Crippen LogP contribution in [0.2, 0.25) is 0 Å². The first-order valence-electron chi connectivity index (χ1n) is 8.56. The van der Waals surface area contributed by atoms with Crippen LogP contribution in [-0.2, 0) is 14.3 Å². The quantitative estimate of drug-likeness (QED) is 0.598. The number of benzene rings is 1. The van der Waals surface area contributed by atoms with Gasteiger partial charge in [-0.05, 0) is 37.1 Å². The highest BCUT2D eigenvalue weighted by atomic mass is 19.4. The van der Waals surface area contributed by atoms with Gasteiger partial charge in [0.05, 0.1) is 13.2 Å². The molecule has 1 unspecified atom stereocenters. The molecule has 150 valence electrons. The molecular formula is C17H23F3N3O4+. The van der Waals surface area contributed by atoms with Gasteiger partial charge in [-0.2, -0.15) is 0 Å². The molecule has 1 aromatic rings. The average molecular weight is 390 g/mol. The van der Waals surface area contributed by atoms with Gasteiger partial charge in [0.1, 0.15) is 5.75 Å². The molecule has 1 aromatic carbocycles. The molecule has 3 N–H and O–H groups in total. The molecular weight excluding hydrogens is 367 g/mol. The maximum atomic E-state index is 12.1. The van der Waals surface area contributed by atoms with E-state index in [0.29, 0.717) is 17.1 Å². The molecule has 0 aliphatic carbocycles. The Kier molecular flexibility index (Phi) is 7.43. The summed E-state index contributed by atoms with van der Waals surface area (Å²) in [5.41, 5.74) is 0.338. The average Bonchev–Trinajstić information content (AvgIpc) is 3.06. The SMILES string of the molecule is C[NH+](CC(=O)NC[C@H]1CCCO1)CC(=O)Nc1ccc(OC(F)(F)F)cc1. The van der Waals surface area contributed by atoms with Gasteiger partial charge in [0.25, 0.3) is 11.8 Å². The van der Waals surface area contributed by atoms with Crippen molar-refractivity contribution < 1.29 is 37.1 Å². The summed E-state index contributed by atoms with van der Waals surface area (Å²) in [5.74, 6) is -0.903. The second kappa shape index (κ2) is 9.56. The Labute approximate surface area is 154 Å². The summed E-state index contributed by atoms with van der Waals surface area (Å²) in [7, 11) is 1.70. The third kappa shape index (κ3) is 8.27. The van der Waals surface area contributed by atoms with Crippen molar-refractivity contribution in [2.45, 2.75) is 25.3 Å². The highest BCUT2D eigenvalue weighted by molar-refractivity contribution is 5.91. The summed E-state index contributed by atoms with van der Waals surface area (Å²) in [6, 6.07) is 4.83. The number of carbonyl (C=O) groups is 2. The first-order chi connectivity index (χ1) is 12.7. The standard InChI is InChI=1S/C17H22F3N3O4/c1-23(10-15(24)21-9-14-3-2-8-26-14)11-16(25)22-12-4-6-13(7-5-12)27-17(18,19)20/h4-7,14H,2-3,8-11H2,1H3,(H,21,24)(H,22,25)/p+1/t14-/m1/s1. The molecule has 1 saturated heterocycles. The van der Waals surface area contributed by atoms with E-state index < -0.39 is 6.36 Å². The van der Waals surface area contributed by atoms with E-state index in [9.17, 15) is 22.8 Å². The van der Waals surface area contributed by atoms with Crippen molar-refractivity contribution in [3.05, 3.63) is 24.3 Å². The third-order valence-corrected chi connectivity index (χ3v) is 3.85. The smallest absolute Gasteiger partial charge is 0.406 e. The lowest BCUT2D eigenvalue weighted by Gasteiger charge is -2.15. The van der Waals surface area contributed by atoms with E-state index in [1.54, 1.807) is 7.05 Å². The predicted molar refractivity (Wildman–Crippen MR) is 90.4 cm³/mol. The van der Waals surface area contributed by atoms with Gasteiger partial charge >= 0.3 is 6.36 Å². The molecule has 1 aliphatic heterocycles. The number of halogens is 3. The lowest BCUT2D eigenvalue weighted by Crippen LogP contribution is -3.11. The highest BCUT2D eigenvalue weighted by Gasteiger charge is 2.31. The molecule has 1 fully saturated rings. The van der Waals surface area contributed by atoms with Crippen molar-refractivity contribution >= 4 is 17.5 Å². The zero-order valence-electron chi connectivity index (χ0n) is 14.9. The van der Waals surface area contributed by atoms with E-state index in [-0.39, 0.29) is 36.8 Å². The molecule has 2 atom stereocenters. The Bertz CT molecular complexity index is 631. The van der Waals surface area contributed by atoms with E-state index >= 15 is 0 Å². The van der Waals surface area contributed by atoms with Gasteiger partial charge in [-0.3, -0.25) is 9.59 Å². The number of likely N-dealkylation sites (N-methyl/N-ethyl adjacent to an activating group) is 1. The summed E-state index contributed by atoms with van der Waals surface area (Å²) >= 11 is 0. The van der Waals surface area contributed by atoms with Gasteiger partial charge in [-0.15, -0.1) is 13.2 Å². The van der Waals surface area contributed by atoms with E-state index in [0.717, 1.165) is 31.6 Å². The second-order valence-corrected chi connectivity index (χ2v) is 6.37. The Balaban J connectivity index is 1.70. The highest BCUT2D eigenvalue weighted by Crippen LogP contribution is 2.23. The predicted octanol–water partition coefficient (Wildman–Crippen LogP) is 0.334. The van der Waals surface area contributed by atoms with Crippen molar-refractivity contribution in [1.29, 1.82) is 0 Å². The largest absolute Gasteiger partial charge is 0.573 e. The van der Waals surface area contributed by atoms with Crippen molar-refractivity contribution in [3.8, 4) is 5.75 Å². The fourth-order valence-electron chi connectivity index (χ4n) is 2.65. The van der Waals surface area contributed by atoms with Crippen LogP contribution in [0.25, 0.3) is 0 Å². The molecule has 7 nitrogen and oxygen atoms in total. The fraction of sp³-hybridized carbons (Fsp3) is 0.529. The topological polar surface area (TPSA) is 81.1 Å². The zero-order valence-corrected chi connectivity index (χ0v) is 14.9. The normalized spacial score (nSPS) is 18.0. The first kappa shape index (κ1) is 21.0. The number of hydrogen-bond acceptors (Lipinski definition) is 4. The van der Waals surface area contributed by atoms with Gasteiger partial charge in [0, 0.05) is 18.8 Å². The summed E-state index contributed by atoms with van der Waals surface area (Å²) < 4.78 is 45.5. The maximum absolute atomic E-state index is 12.1. The Morgan fingerprint density at radius 1 is 1.22 bits per heavy atom. The Morgan fingerprint density at radius 2 is 1.89 bits per heavy atom. The van der Waals surface area contributed by atoms with Crippen LogP contribution in [0.15, 0.2) is 24.3 Å². The molecule has 27 heavy (non-hydrogen) atoms. The number of alkyl halides is 3. The molecule has 1 aliphatic rings. The molecule has 0 spiro atoms. The molecule has 1 heterocycles. The second-order valence-electron chi connectivity index (χ2n) is 6.37. The number of quaternary nitrogens is 1. The summed E-state index contributed by atoms with van der Waals surface area (Å²) in [4.78, 5) is 24.5. The number of rotatable bonds is 8. The molecule has 2 rings (SSSR count). The first-order valence-corrected chi connectivity index (χ1v) is 8.56. The number of hydrogen-bond donors (Lipinski definition) is 3. The van der Waals surface area contributed by atoms with Crippen molar-refractivity contribution in [2.24, 2.45) is 0 Å². The molecule has 10 heteroatoms. The minimum Gasteiger partial charge on any atom is -0.406 e. The summed E-state index contributed by atoms with van der Waals surface area (Å²) in [6.45, 7) is 1.34. The fourth-order valence-corrected chi connectivity index (χ4v) is 2.65. The number of ether oxygens (including phenoxy) is 2. The van der Waals surface area contributed by atoms with Gasteiger partial charge in [0.2, 0.25) is 0 Å². The van der Waals surface area contributed by atoms with Crippen LogP contribution in [0, 0.1) is 0 Å². The molecule has 0 bridgehead atoms. The maximum Gasteiger partial charge on any atom is 0.573 e. The zero-order chi connectivity index (χ0) is 19.9. The number of carbonyl (C=O) groups excluding carboxylic acids is 2. The lowest BCUT2D eigenvalue weighted by atomic mass is 10.2.